The van der Waals surface area contributed by atoms with E-state index in [0.29, 0.717) is 21.3 Å². The van der Waals surface area contributed by atoms with Crippen LogP contribution < -0.4 is 10.2 Å². The highest BCUT2D eigenvalue weighted by molar-refractivity contribution is 7.99. The SMILES string of the molecule is O=C(CCC(=O)c1ccc(Cl)cc1)Nc1ccc(N2CCSCC2)c(Cl)c1. The minimum Gasteiger partial charge on any atom is -0.369 e. The smallest absolute Gasteiger partial charge is 0.224 e. The highest BCUT2D eigenvalue weighted by Gasteiger charge is 2.15. The number of carbonyl (C=O) groups is 2. The van der Waals surface area contributed by atoms with Crippen LogP contribution in [0.5, 0.6) is 0 Å². The lowest BCUT2D eigenvalue weighted by atomic mass is 10.1. The fourth-order valence-electron chi connectivity index (χ4n) is 2.88. The standard InChI is InChI=1S/C20H20Cl2N2O2S/c21-15-3-1-14(2-4-15)19(25)7-8-20(26)23-16-5-6-18(17(22)13-16)24-9-11-27-12-10-24/h1-6,13H,7-12H2,(H,23,26). The maximum Gasteiger partial charge on any atom is 0.224 e. The molecule has 7 heteroatoms. The third kappa shape index (κ3) is 5.64. The summed E-state index contributed by atoms with van der Waals surface area (Å²) in [5, 5.41) is 4.01. The van der Waals surface area contributed by atoms with E-state index in [1.54, 1.807) is 30.3 Å². The Morgan fingerprint density at radius 3 is 2.37 bits per heavy atom. The molecule has 0 radical (unpaired) electrons. The molecule has 4 nitrogen and oxygen atoms in total. The quantitative estimate of drug-likeness (QED) is 0.653. The van der Waals surface area contributed by atoms with Gasteiger partial charge in [0.25, 0.3) is 0 Å². The van der Waals surface area contributed by atoms with E-state index in [-0.39, 0.29) is 24.5 Å². The van der Waals surface area contributed by atoms with Gasteiger partial charge in [0.05, 0.1) is 10.7 Å². The second kappa shape index (κ2) is 9.49. The van der Waals surface area contributed by atoms with Gasteiger partial charge in [0.1, 0.15) is 0 Å². The number of nitrogens with one attached hydrogen (secondary N) is 1. The molecule has 0 aliphatic carbocycles. The molecule has 142 valence electrons. The van der Waals surface area contributed by atoms with Crippen molar-refractivity contribution in [2.45, 2.75) is 12.8 Å². The number of hydrogen-bond acceptors (Lipinski definition) is 4. The molecule has 0 saturated carbocycles. The topological polar surface area (TPSA) is 49.4 Å². The number of benzene rings is 2. The van der Waals surface area contributed by atoms with E-state index >= 15 is 0 Å². The Kier molecular flexibility index (Phi) is 7.05. The summed E-state index contributed by atoms with van der Waals surface area (Å²) in [6.07, 6.45) is 0.259. The van der Waals surface area contributed by atoms with Gasteiger partial charge in [0, 0.05) is 53.7 Å². The van der Waals surface area contributed by atoms with Gasteiger partial charge in [-0.25, -0.2) is 0 Å². The Morgan fingerprint density at radius 2 is 1.70 bits per heavy atom. The Labute approximate surface area is 173 Å². The zero-order valence-electron chi connectivity index (χ0n) is 14.7. The second-order valence-electron chi connectivity index (χ2n) is 6.24. The summed E-state index contributed by atoms with van der Waals surface area (Å²) < 4.78 is 0. The van der Waals surface area contributed by atoms with Crippen molar-refractivity contribution in [1.82, 2.24) is 0 Å². The molecular weight excluding hydrogens is 403 g/mol. The molecule has 0 atom stereocenters. The van der Waals surface area contributed by atoms with E-state index in [9.17, 15) is 9.59 Å². The molecule has 2 aromatic rings. The first kappa shape index (κ1) is 20.1. The number of rotatable bonds is 6. The lowest BCUT2D eigenvalue weighted by Gasteiger charge is -2.29. The zero-order valence-corrected chi connectivity index (χ0v) is 17.0. The predicted molar refractivity (Wildman–Crippen MR) is 115 cm³/mol. The van der Waals surface area contributed by atoms with Crippen LogP contribution in [0.3, 0.4) is 0 Å². The lowest BCUT2D eigenvalue weighted by molar-refractivity contribution is -0.116. The van der Waals surface area contributed by atoms with Gasteiger partial charge >= 0.3 is 0 Å². The molecule has 1 aliphatic heterocycles. The first-order valence-electron chi connectivity index (χ1n) is 8.74. The van der Waals surface area contributed by atoms with Crippen molar-refractivity contribution in [2.24, 2.45) is 0 Å². The van der Waals surface area contributed by atoms with E-state index in [0.717, 1.165) is 30.3 Å². The van der Waals surface area contributed by atoms with Gasteiger partial charge < -0.3 is 10.2 Å². The summed E-state index contributed by atoms with van der Waals surface area (Å²) >= 11 is 14.2. The molecule has 27 heavy (non-hydrogen) atoms. The molecule has 0 spiro atoms. The van der Waals surface area contributed by atoms with Crippen molar-refractivity contribution < 1.29 is 9.59 Å². The minimum atomic E-state index is -0.212. The maximum atomic E-state index is 12.2. The number of hydrogen-bond donors (Lipinski definition) is 1. The molecule has 1 fully saturated rings. The minimum absolute atomic E-state index is 0.0850. The highest BCUT2D eigenvalue weighted by Crippen LogP contribution is 2.30. The fraction of sp³-hybridized carbons (Fsp3) is 0.300. The molecule has 1 amide bonds. The van der Waals surface area contributed by atoms with Crippen LogP contribution in [0.15, 0.2) is 42.5 Å². The first-order valence-corrected chi connectivity index (χ1v) is 10.6. The summed E-state index contributed by atoms with van der Waals surface area (Å²) in [5.74, 6) is 1.89. The largest absolute Gasteiger partial charge is 0.369 e. The molecule has 1 heterocycles. The predicted octanol–water partition coefficient (Wildman–Crippen LogP) is 5.15. The van der Waals surface area contributed by atoms with Gasteiger partial charge in [-0.3, -0.25) is 9.59 Å². The maximum absolute atomic E-state index is 12.2. The summed E-state index contributed by atoms with van der Waals surface area (Å²) in [7, 11) is 0. The molecule has 0 unspecified atom stereocenters. The van der Waals surface area contributed by atoms with Gasteiger partial charge in [-0.15, -0.1) is 0 Å². The average Bonchev–Trinajstić information content (AvgIpc) is 2.67. The van der Waals surface area contributed by atoms with Crippen LogP contribution in [0.25, 0.3) is 0 Å². The van der Waals surface area contributed by atoms with Crippen molar-refractivity contribution in [3.05, 3.63) is 58.1 Å². The third-order valence-electron chi connectivity index (χ3n) is 4.33. The Hall–Kier alpha value is -1.69. The van der Waals surface area contributed by atoms with Crippen LogP contribution in [0.2, 0.25) is 10.0 Å². The Balaban J connectivity index is 1.53. The van der Waals surface area contributed by atoms with Crippen molar-refractivity contribution in [3.8, 4) is 0 Å². The van der Waals surface area contributed by atoms with Gasteiger partial charge in [-0.2, -0.15) is 11.8 Å². The van der Waals surface area contributed by atoms with Crippen molar-refractivity contribution in [2.75, 3.05) is 34.8 Å². The number of ketones is 1. The van der Waals surface area contributed by atoms with Crippen molar-refractivity contribution in [1.29, 1.82) is 0 Å². The third-order valence-corrected chi connectivity index (χ3v) is 5.83. The summed E-state index contributed by atoms with van der Waals surface area (Å²) in [4.78, 5) is 26.6. The van der Waals surface area contributed by atoms with E-state index in [1.165, 1.54) is 0 Å². The van der Waals surface area contributed by atoms with Crippen molar-refractivity contribution in [3.63, 3.8) is 0 Å². The van der Waals surface area contributed by atoms with Crippen LogP contribution in [-0.2, 0) is 4.79 Å². The van der Waals surface area contributed by atoms with E-state index in [1.807, 2.05) is 23.9 Å². The normalized spacial score (nSPS) is 14.1. The van der Waals surface area contributed by atoms with E-state index < -0.39 is 0 Å². The zero-order chi connectivity index (χ0) is 19.2. The number of carbonyl (C=O) groups excluding carboxylic acids is 2. The van der Waals surface area contributed by atoms with Crippen LogP contribution in [0, 0.1) is 0 Å². The van der Waals surface area contributed by atoms with Crippen LogP contribution in [-0.4, -0.2) is 36.3 Å². The fourth-order valence-corrected chi connectivity index (χ4v) is 4.21. The van der Waals surface area contributed by atoms with E-state index in [2.05, 4.69) is 10.2 Å². The summed E-state index contributed by atoms with van der Waals surface area (Å²) in [6.45, 7) is 1.95. The van der Waals surface area contributed by atoms with Gasteiger partial charge in [-0.1, -0.05) is 23.2 Å². The highest BCUT2D eigenvalue weighted by atomic mass is 35.5. The van der Waals surface area contributed by atoms with Gasteiger partial charge in [0.15, 0.2) is 5.78 Å². The monoisotopic (exact) mass is 422 g/mol. The van der Waals surface area contributed by atoms with Crippen LogP contribution in [0.4, 0.5) is 11.4 Å². The molecule has 1 aliphatic rings. The number of Topliss-reactive ketones (excluding diaryl/α,β-unsaturated/α-hetero) is 1. The van der Waals surface area contributed by atoms with Crippen molar-refractivity contribution >= 4 is 58.0 Å². The van der Waals surface area contributed by atoms with Crippen LogP contribution in [0.1, 0.15) is 23.2 Å². The molecule has 1 N–H and O–H groups in total. The Bertz CT molecular complexity index is 821. The number of anilines is 2. The molecule has 0 aromatic heterocycles. The molecule has 2 aromatic carbocycles. The molecular formula is C20H20Cl2N2O2S. The number of thioether (sulfide) groups is 1. The number of nitrogens with zero attached hydrogens (tertiary/aromatic N) is 1. The van der Waals surface area contributed by atoms with E-state index in [4.69, 9.17) is 23.2 Å². The summed E-state index contributed by atoms with van der Waals surface area (Å²) in [6, 6.07) is 12.2. The first-order chi connectivity index (χ1) is 13.0. The lowest BCUT2D eigenvalue weighted by Crippen LogP contribution is -2.32. The molecule has 3 rings (SSSR count). The van der Waals surface area contributed by atoms with Crippen LogP contribution >= 0.6 is 35.0 Å². The second-order valence-corrected chi connectivity index (χ2v) is 8.31. The molecule has 1 saturated heterocycles. The number of amides is 1. The van der Waals surface area contributed by atoms with Gasteiger partial charge in [-0.05, 0) is 42.5 Å². The van der Waals surface area contributed by atoms with Gasteiger partial charge in [0.2, 0.25) is 5.91 Å². The summed E-state index contributed by atoms with van der Waals surface area (Å²) in [5.41, 5.74) is 2.19. The average molecular weight is 423 g/mol. The Morgan fingerprint density at radius 1 is 1.00 bits per heavy atom. The number of halogens is 2. The molecule has 0 bridgehead atoms.